The van der Waals surface area contributed by atoms with E-state index in [-0.39, 0.29) is 0 Å². The van der Waals surface area contributed by atoms with Gasteiger partial charge in [0.25, 0.3) is 0 Å². The van der Waals surface area contributed by atoms with Crippen LogP contribution in [-0.4, -0.2) is 33.5 Å². The van der Waals surface area contributed by atoms with E-state index in [1.807, 2.05) is 18.6 Å². The molecule has 5 nitrogen and oxygen atoms in total. The average Bonchev–Trinajstić information content (AvgIpc) is 3.22. The molecule has 0 spiro atoms. The Hall–Kier alpha value is -1.78. The Labute approximate surface area is 126 Å². The predicted molar refractivity (Wildman–Crippen MR) is 87.0 cm³/mol. The highest BCUT2D eigenvalue weighted by molar-refractivity contribution is 5.67. The Bertz CT molecular complexity index is 587. The van der Waals surface area contributed by atoms with Crippen molar-refractivity contribution in [2.24, 2.45) is 0 Å². The second-order valence-corrected chi connectivity index (χ2v) is 5.81. The molecular weight excluding hydrogens is 262 g/mol. The Morgan fingerprint density at radius 2 is 2.19 bits per heavy atom. The number of hydrogen-bond donors (Lipinski definition) is 1. The van der Waals surface area contributed by atoms with Gasteiger partial charge in [0.1, 0.15) is 5.82 Å². The van der Waals surface area contributed by atoms with Crippen LogP contribution in [0.4, 0.5) is 11.6 Å². The van der Waals surface area contributed by atoms with Crippen molar-refractivity contribution >= 4 is 17.3 Å². The third-order valence-electron chi connectivity index (χ3n) is 3.92. The van der Waals surface area contributed by atoms with E-state index in [0.29, 0.717) is 6.04 Å². The van der Waals surface area contributed by atoms with Gasteiger partial charge in [0.15, 0.2) is 11.5 Å². The molecule has 2 aromatic heterocycles. The van der Waals surface area contributed by atoms with Crippen molar-refractivity contribution in [3.8, 4) is 0 Å². The molecule has 0 aliphatic heterocycles. The van der Waals surface area contributed by atoms with E-state index in [4.69, 9.17) is 4.98 Å². The first kappa shape index (κ1) is 14.2. The van der Waals surface area contributed by atoms with E-state index in [2.05, 4.69) is 33.4 Å². The lowest BCUT2D eigenvalue weighted by molar-refractivity contribution is 0.704. The maximum Gasteiger partial charge on any atom is 0.180 e. The van der Waals surface area contributed by atoms with Crippen LogP contribution in [0, 0.1) is 0 Å². The fourth-order valence-electron chi connectivity index (χ4n) is 2.62. The van der Waals surface area contributed by atoms with Gasteiger partial charge in [-0.2, -0.15) is 0 Å². The number of unbranched alkanes of at least 4 members (excludes halogenated alkanes) is 1. The summed E-state index contributed by atoms with van der Waals surface area (Å²) in [6.45, 7) is 6.43. The van der Waals surface area contributed by atoms with Crippen molar-refractivity contribution in [1.29, 1.82) is 0 Å². The second kappa shape index (κ2) is 6.33. The van der Waals surface area contributed by atoms with Gasteiger partial charge in [0.2, 0.25) is 0 Å². The molecule has 0 saturated heterocycles. The molecule has 1 N–H and O–H groups in total. The normalized spacial score (nSPS) is 14.6. The molecule has 21 heavy (non-hydrogen) atoms. The maximum atomic E-state index is 4.86. The van der Waals surface area contributed by atoms with Crippen molar-refractivity contribution in [3.05, 3.63) is 18.6 Å². The molecule has 3 rings (SSSR count). The molecule has 1 aliphatic rings. The topological polar surface area (TPSA) is 45.5 Å². The zero-order chi connectivity index (χ0) is 14.7. The van der Waals surface area contributed by atoms with Crippen LogP contribution in [0.3, 0.4) is 0 Å². The van der Waals surface area contributed by atoms with Gasteiger partial charge < -0.3 is 14.6 Å². The fourth-order valence-corrected chi connectivity index (χ4v) is 2.62. The molecule has 5 heteroatoms. The zero-order valence-corrected chi connectivity index (χ0v) is 13.0. The standard InChI is InChI=1S/C16H25N5/c1-3-5-10-21(13-6-7-13)16-15-18-9-11-20(15)12-14(19-16)17-8-4-2/h9,11-13,17H,3-8,10H2,1-2H3. The first-order chi connectivity index (χ1) is 10.3. The van der Waals surface area contributed by atoms with Crippen LogP contribution in [-0.2, 0) is 0 Å². The predicted octanol–water partition coefficient (Wildman–Crippen LogP) is 3.32. The molecule has 0 bridgehead atoms. The third-order valence-corrected chi connectivity index (χ3v) is 3.92. The van der Waals surface area contributed by atoms with E-state index < -0.39 is 0 Å². The van der Waals surface area contributed by atoms with Crippen molar-refractivity contribution in [2.45, 2.75) is 52.0 Å². The second-order valence-electron chi connectivity index (χ2n) is 5.81. The molecule has 2 aromatic rings. The van der Waals surface area contributed by atoms with Gasteiger partial charge in [0, 0.05) is 31.5 Å². The summed E-state index contributed by atoms with van der Waals surface area (Å²) in [6, 6.07) is 0.658. The SMILES string of the molecule is CCCCN(c1nc(NCCC)cn2ccnc12)C1CC1. The fraction of sp³-hybridized carbons (Fsp3) is 0.625. The van der Waals surface area contributed by atoms with Gasteiger partial charge in [-0.25, -0.2) is 9.97 Å². The number of imidazole rings is 1. The molecule has 0 amide bonds. The summed E-state index contributed by atoms with van der Waals surface area (Å²) in [7, 11) is 0. The molecule has 0 unspecified atom stereocenters. The van der Waals surface area contributed by atoms with Crippen LogP contribution in [0.25, 0.3) is 5.65 Å². The largest absolute Gasteiger partial charge is 0.369 e. The first-order valence-electron chi connectivity index (χ1n) is 8.17. The summed E-state index contributed by atoms with van der Waals surface area (Å²) in [5, 5.41) is 3.40. The molecule has 0 atom stereocenters. The van der Waals surface area contributed by atoms with Crippen LogP contribution in [0.5, 0.6) is 0 Å². The smallest absolute Gasteiger partial charge is 0.180 e. The van der Waals surface area contributed by atoms with Crippen molar-refractivity contribution in [3.63, 3.8) is 0 Å². The molecule has 1 saturated carbocycles. The minimum atomic E-state index is 0.658. The molecule has 0 radical (unpaired) electrons. The molecule has 114 valence electrons. The summed E-state index contributed by atoms with van der Waals surface area (Å²) < 4.78 is 2.08. The van der Waals surface area contributed by atoms with Crippen LogP contribution in [0.15, 0.2) is 18.6 Å². The highest BCUT2D eigenvalue weighted by Crippen LogP contribution is 2.33. The van der Waals surface area contributed by atoms with Gasteiger partial charge in [-0.1, -0.05) is 20.3 Å². The van der Waals surface area contributed by atoms with Crippen molar-refractivity contribution < 1.29 is 0 Å². The summed E-state index contributed by atoms with van der Waals surface area (Å²) in [5.41, 5.74) is 0.972. The maximum absolute atomic E-state index is 4.86. The van der Waals surface area contributed by atoms with Crippen LogP contribution in [0.1, 0.15) is 46.0 Å². The van der Waals surface area contributed by atoms with Crippen molar-refractivity contribution in [1.82, 2.24) is 14.4 Å². The van der Waals surface area contributed by atoms with E-state index >= 15 is 0 Å². The summed E-state index contributed by atoms with van der Waals surface area (Å²) in [4.78, 5) is 11.8. The minimum Gasteiger partial charge on any atom is -0.369 e. The summed E-state index contributed by atoms with van der Waals surface area (Å²) in [6.07, 6.45) is 12.0. The van der Waals surface area contributed by atoms with E-state index in [1.54, 1.807) is 0 Å². The van der Waals surface area contributed by atoms with E-state index in [1.165, 1.54) is 25.7 Å². The highest BCUT2D eigenvalue weighted by Gasteiger charge is 2.31. The minimum absolute atomic E-state index is 0.658. The quantitative estimate of drug-likeness (QED) is 0.809. The van der Waals surface area contributed by atoms with Gasteiger partial charge in [0.05, 0.1) is 6.20 Å². The molecule has 1 aliphatic carbocycles. The van der Waals surface area contributed by atoms with Gasteiger partial charge in [-0.15, -0.1) is 0 Å². The summed E-state index contributed by atoms with van der Waals surface area (Å²) in [5.74, 6) is 1.98. The van der Waals surface area contributed by atoms with Gasteiger partial charge in [-0.3, -0.25) is 0 Å². The Morgan fingerprint density at radius 1 is 1.33 bits per heavy atom. The Balaban J connectivity index is 1.95. The lowest BCUT2D eigenvalue weighted by atomic mass is 10.3. The first-order valence-corrected chi connectivity index (χ1v) is 8.17. The lowest BCUT2D eigenvalue weighted by Crippen LogP contribution is -2.28. The number of nitrogens with one attached hydrogen (secondary N) is 1. The van der Waals surface area contributed by atoms with Crippen LogP contribution >= 0.6 is 0 Å². The number of aromatic nitrogens is 3. The van der Waals surface area contributed by atoms with Gasteiger partial charge >= 0.3 is 0 Å². The van der Waals surface area contributed by atoms with Crippen LogP contribution in [0.2, 0.25) is 0 Å². The molecule has 0 aromatic carbocycles. The zero-order valence-electron chi connectivity index (χ0n) is 13.0. The third kappa shape index (κ3) is 3.12. The number of anilines is 2. The number of fused-ring (bicyclic) bond motifs is 1. The van der Waals surface area contributed by atoms with E-state index in [0.717, 1.165) is 36.8 Å². The number of nitrogens with zero attached hydrogens (tertiary/aromatic N) is 4. The van der Waals surface area contributed by atoms with E-state index in [9.17, 15) is 0 Å². The lowest BCUT2D eigenvalue weighted by Gasteiger charge is -2.24. The van der Waals surface area contributed by atoms with Crippen molar-refractivity contribution in [2.75, 3.05) is 23.3 Å². The Morgan fingerprint density at radius 3 is 2.90 bits per heavy atom. The average molecular weight is 287 g/mol. The monoisotopic (exact) mass is 287 g/mol. The van der Waals surface area contributed by atoms with Crippen LogP contribution < -0.4 is 10.2 Å². The molecular formula is C16H25N5. The number of rotatable bonds is 8. The highest BCUT2D eigenvalue weighted by atomic mass is 15.3. The van der Waals surface area contributed by atoms with Gasteiger partial charge in [-0.05, 0) is 25.7 Å². The molecule has 1 fully saturated rings. The summed E-state index contributed by atoms with van der Waals surface area (Å²) >= 11 is 0. The number of hydrogen-bond acceptors (Lipinski definition) is 4. The molecule has 2 heterocycles. The Kier molecular flexibility index (Phi) is 4.27.